The Balaban J connectivity index is 1.90. The first kappa shape index (κ1) is 15.0. The maximum atomic E-state index is 11.7. The van der Waals surface area contributed by atoms with E-state index in [1.807, 2.05) is 12.1 Å². The fourth-order valence-corrected chi connectivity index (χ4v) is 1.99. The average molecular weight is 284 g/mol. The molecular weight excluding hydrogens is 264 g/mol. The standard InChI is InChI=1S/C16H20N4O/c1-12-6-4-5-7-13(12)10-11-17-15-9-8-14(18-19-15)16(21)20(2)3/h4-9H,10-11H2,1-3H3,(H,17,19). The van der Waals surface area contributed by atoms with Gasteiger partial charge in [-0.3, -0.25) is 4.79 Å². The number of nitrogens with one attached hydrogen (secondary N) is 1. The van der Waals surface area contributed by atoms with Crippen LogP contribution in [0.2, 0.25) is 0 Å². The number of hydrogen-bond donors (Lipinski definition) is 1. The number of hydrogen-bond acceptors (Lipinski definition) is 4. The Morgan fingerprint density at radius 3 is 2.52 bits per heavy atom. The van der Waals surface area contributed by atoms with E-state index in [1.54, 1.807) is 26.2 Å². The topological polar surface area (TPSA) is 58.1 Å². The summed E-state index contributed by atoms with van der Waals surface area (Å²) >= 11 is 0. The van der Waals surface area contributed by atoms with E-state index in [2.05, 4.69) is 34.6 Å². The molecule has 0 aliphatic rings. The minimum atomic E-state index is -0.144. The summed E-state index contributed by atoms with van der Waals surface area (Å²) in [6.07, 6.45) is 0.923. The zero-order valence-electron chi connectivity index (χ0n) is 12.6. The molecule has 0 unspecified atom stereocenters. The van der Waals surface area contributed by atoms with Crippen molar-refractivity contribution in [1.29, 1.82) is 0 Å². The van der Waals surface area contributed by atoms with Gasteiger partial charge in [0.15, 0.2) is 5.69 Å². The van der Waals surface area contributed by atoms with E-state index < -0.39 is 0 Å². The lowest BCUT2D eigenvalue weighted by molar-refractivity contribution is 0.0821. The molecule has 1 amide bonds. The predicted molar refractivity (Wildman–Crippen MR) is 83.4 cm³/mol. The third-order valence-electron chi connectivity index (χ3n) is 3.25. The molecule has 1 N–H and O–H groups in total. The summed E-state index contributed by atoms with van der Waals surface area (Å²) in [6, 6.07) is 11.8. The van der Waals surface area contributed by atoms with Gasteiger partial charge in [0.25, 0.3) is 5.91 Å². The molecular formula is C16H20N4O. The van der Waals surface area contributed by atoms with Crippen molar-refractivity contribution < 1.29 is 4.79 Å². The molecule has 0 atom stereocenters. The molecule has 0 radical (unpaired) electrons. The van der Waals surface area contributed by atoms with Crippen LogP contribution in [0.5, 0.6) is 0 Å². The zero-order valence-corrected chi connectivity index (χ0v) is 12.6. The third-order valence-corrected chi connectivity index (χ3v) is 3.25. The van der Waals surface area contributed by atoms with Crippen molar-refractivity contribution in [1.82, 2.24) is 15.1 Å². The lowest BCUT2D eigenvalue weighted by atomic mass is 10.1. The van der Waals surface area contributed by atoms with Gasteiger partial charge < -0.3 is 10.2 Å². The molecule has 0 aliphatic carbocycles. The van der Waals surface area contributed by atoms with Crippen LogP contribution in [0.3, 0.4) is 0 Å². The largest absolute Gasteiger partial charge is 0.368 e. The minimum Gasteiger partial charge on any atom is -0.368 e. The van der Waals surface area contributed by atoms with E-state index in [0.29, 0.717) is 11.5 Å². The predicted octanol–water partition coefficient (Wildman–Crippen LogP) is 2.14. The van der Waals surface area contributed by atoms with Gasteiger partial charge in [-0.05, 0) is 36.6 Å². The van der Waals surface area contributed by atoms with Crippen molar-refractivity contribution in [2.75, 3.05) is 26.0 Å². The van der Waals surface area contributed by atoms with Gasteiger partial charge in [-0.2, -0.15) is 0 Å². The van der Waals surface area contributed by atoms with E-state index in [1.165, 1.54) is 16.0 Å². The summed E-state index contributed by atoms with van der Waals surface area (Å²) < 4.78 is 0. The van der Waals surface area contributed by atoms with Crippen LogP contribution in [0.15, 0.2) is 36.4 Å². The Labute approximate surface area is 125 Å². The summed E-state index contributed by atoms with van der Waals surface area (Å²) in [6.45, 7) is 2.89. The van der Waals surface area contributed by atoms with E-state index in [0.717, 1.165) is 13.0 Å². The molecule has 0 aliphatic heterocycles. The number of rotatable bonds is 5. The highest BCUT2D eigenvalue weighted by molar-refractivity contribution is 5.91. The van der Waals surface area contributed by atoms with Crippen molar-refractivity contribution in [3.8, 4) is 0 Å². The Bertz CT molecular complexity index is 608. The maximum absolute atomic E-state index is 11.7. The molecule has 21 heavy (non-hydrogen) atoms. The molecule has 0 spiro atoms. The van der Waals surface area contributed by atoms with E-state index >= 15 is 0 Å². The van der Waals surface area contributed by atoms with Crippen LogP contribution in [0.4, 0.5) is 5.82 Å². The van der Waals surface area contributed by atoms with E-state index in [9.17, 15) is 4.79 Å². The molecule has 5 heteroatoms. The number of amides is 1. The van der Waals surface area contributed by atoms with E-state index in [-0.39, 0.29) is 5.91 Å². The lowest BCUT2D eigenvalue weighted by Crippen LogP contribution is -2.23. The molecule has 0 saturated carbocycles. The first-order chi connectivity index (χ1) is 10.1. The van der Waals surface area contributed by atoms with Crippen LogP contribution < -0.4 is 5.32 Å². The monoisotopic (exact) mass is 284 g/mol. The number of carbonyl (C=O) groups excluding carboxylic acids is 1. The molecule has 0 bridgehead atoms. The molecule has 1 heterocycles. The summed E-state index contributed by atoms with van der Waals surface area (Å²) in [7, 11) is 3.39. The second-order valence-corrected chi connectivity index (χ2v) is 5.11. The van der Waals surface area contributed by atoms with Gasteiger partial charge in [0.1, 0.15) is 5.82 Å². The van der Waals surface area contributed by atoms with Crippen LogP contribution in [-0.4, -0.2) is 41.6 Å². The summed E-state index contributed by atoms with van der Waals surface area (Å²) in [4.78, 5) is 13.2. The van der Waals surface area contributed by atoms with Crippen LogP contribution in [0.25, 0.3) is 0 Å². The molecule has 1 aromatic carbocycles. The normalized spacial score (nSPS) is 10.2. The summed E-state index contributed by atoms with van der Waals surface area (Å²) in [5, 5.41) is 11.2. The van der Waals surface area contributed by atoms with Crippen molar-refractivity contribution in [2.24, 2.45) is 0 Å². The molecule has 0 fully saturated rings. The second-order valence-electron chi connectivity index (χ2n) is 5.11. The van der Waals surface area contributed by atoms with Crippen LogP contribution in [0.1, 0.15) is 21.6 Å². The number of aromatic nitrogens is 2. The Morgan fingerprint density at radius 1 is 1.14 bits per heavy atom. The van der Waals surface area contributed by atoms with Gasteiger partial charge in [-0.25, -0.2) is 0 Å². The highest BCUT2D eigenvalue weighted by Crippen LogP contribution is 2.09. The number of carbonyl (C=O) groups is 1. The molecule has 2 rings (SSSR count). The smallest absolute Gasteiger partial charge is 0.273 e. The average Bonchev–Trinajstić information content (AvgIpc) is 2.49. The van der Waals surface area contributed by atoms with Gasteiger partial charge in [0.05, 0.1) is 0 Å². The quantitative estimate of drug-likeness (QED) is 0.914. The first-order valence-electron chi connectivity index (χ1n) is 6.91. The Hall–Kier alpha value is -2.43. The van der Waals surface area contributed by atoms with Gasteiger partial charge in [0, 0.05) is 20.6 Å². The zero-order chi connectivity index (χ0) is 15.2. The van der Waals surface area contributed by atoms with E-state index in [4.69, 9.17) is 0 Å². The fraction of sp³-hybridized carbons (Fsp3) is 0.312. The molecule has 5 nitrogen and oxygen atoms in total. The Kier molecular flexibility index (Phi) is 4.87. The molecule has 0 saturated heterocycles. The van der Waals surface area contributed by atoms with Gasteiger partial charge in [-0.1, -0.05) is 24.3 Å². The van der Waals surface area contributed by atoms with Gasteiger partial charge in [-0.15, -0.1) is 10.2 Å². The Morgan fingerprint density at radius 2 is 1.90 bits per heavy atom. The summed E-state index contributed by atoms with van der Waals surface area (Å²) in [5.41, 5.74) is 2.96. The maximum Gasteiger partial charge on any atom is 0.273 e. The minimum absolute atomic E-state index is 0.144. The van der Waals surface area contributed by atoms with Crippen molar-refractivity contribution >= 4 is 11.7 Å². The second kappa shape index (κ2) is 6.83. The highest BCUT2D eigenvalue weighted by Gasteiger charge is 2.09. The summed E-state index contributed by atoms with van der Waals surface area (Å²) in [5.74, 6) is 0.535. The van der Waals surface area contributed by atoms with Crippen molar-refractivity contribution in [2.45, 2.75) is 13.3 Å². The fourth-order valence-electron chi connectivity index (χ4n) is 1.99. The first-order valence-corrected chi connectivity index (χ1v) is 6.91. The van der Waals surface area contributed by atoms with Crippen molar-refractivity contribution in [3.63, 3.8) is 0 Å². The number of aryl methyl sites for hydroxylation is 1. The van der Waals surface area contributed by atoms with Crippen molar-refractivity contribution in [3.05, 3.63) is 53.2 Å². The van der Waals surface area contributed by atoms with Gasteiger partial charge in [0.2, 0.25) is 0 Å². The number of anilines is 1. The molecule has 110 valence electrons. The highest BCUT2D eigenvalue weighted by atomic mass is 16.2. The number of benzene rings is 1. The van der Waals surface area contributed by atoms with Crippen LogP contribution in [-0.2, 0) is 6.42 Å². The van der Waals surface area contributed by atoms with Crippen LogP contribution in [0, 0.1) is 6.92 Å². The van der Waals surface area contributed by atoms with Gasteiger partial charge >= 0.3 is 0 Å². The van der Waals surface area contributed by atoms with Crippen LogP contribution >= 0.6 is 0 Å². The number of nitrogens with zero attached hydrogens (tertiary/aromatic N) is 3. The molecule has 2 aromatic rings. The third kappa shape index (κ3) is 4.02. The molecule has 1 aromatic heterocycles. The SMILES string of the molecule is Cc1ccccc1CCNc1ccc(C(=O)N(C)C)nn1. The lowest BCUT2D eigenvalue weighted by Gasteiger charge is -2.10.